The summed E-state index contributed by atoms with van der Waals surface area (Å²) in [5.41, 5.74) is 1.30. The maximum Gasteiger partial charge on any atom is 0.207 e. The van der Waals surface area contributed by atoms with Gasteiger partial charge in [0, 0.05) is 26.0 Å². The molecule has 0 unspecified atom stereocenters. The zero-order valence-corrected chi connectivity index (χ0v) is 10.5. The van der Waals surface area contributed by atoms with Gasteiger partial charge in [0.2, 0.25) is 5.95 Å². The number of imidazole rings is 1. The van der Waals surface area contributed by atoms with Crippen LogP contribution in [0.2, 0.25) is 0 Å². The molecule has 0 fully saturated rings. The molecule has 1 aromatic heterocycles. The molecule has 1 aromatic carbocycles. The molecule has 0 aliphatic rings. The van der Waals surface area contributed by atoms with Gasteiger partial charge in [-0.3, -0.25) is 0 Å². The molecule has 1 heterocycles. The summed E-state index contributed by atoms with van der Waals surface area (Å²) in [7, 11) is 1.64. The summed E-state index contributed by atoms with van der Waals surface area (Å²) in [6.45, 7) is 3.11. The Hall–Kier alpha value is -1.88. The van der Waals surface area contributed by atoms with E-state index < -0.39 is 0 Å². The molecule has 2 rings (SSSR count). The monoisotopic (exact) mass is 249 g/mol. The van der Waals surface area contributed by atoms with Crippen molar-refractivity contribution in [3.05, 3.63) is 42.0 Å². The SMILES string of the molecule is COCCn1ccnc1Nc1c(C)cccc1F. The van der Waals surface area contributed by atoms with E-state index >= 15 is 0 Å². The Bertz CT molecular complexity index is 504. The van der Waals surface area contributed by atoms with Gasteiger partial charge in [-0.05, 0) is 18.6 Å². The Balaban J connectivity index is 2.21. The van der Waals surface area contributed by atoms with Crippen LogP contribution >= 0.6 is 0 Å². The van der Waals surface area contributed by atoms with Gasteiger partial charge < -0.3 is 14.6 Å². The number of anilines is 2. The fourth-order valence-electron chi connectivity index (χ4n) is 1.71. The lowest BCUT2D eigenvalue weighted by atomic mass is 10.2. The topological polar surface area (TPSA) is 39.1 Å². The molecule has 2 aromatic rings. The fourth-order valence-corrected chi connectivity index (χ4v) is 1.71. The summed E-state index contributed by atoms with van der Waals surface area (Å²) in [5, 5.41) is 3.02. The predicted octanol–water partition coefficient (Wildman–Crippen LogP) is 2.72. The third-order valence-electron chi connectivity index (χ3n) is 2.71. The van der Waals surface area contributed by atoms with Crippen molar-refractivity contribution in [1.29, 1.82) is 0 Å². The number of ether oxygens (including phenoxy) is 1. The molecule has 18 heavy (non-hydrogen) atoms. The first-order chi connectivity index (χ1) is 8.72. The number of benzene rings is 1. The molecule has 0 aliphatic carbocycles. The average Bonchev–Trinajstić information content (AvgIpc) is 2.79. The summed E-state index contributed by atoms with van der Waals surface area (Å²) < 4.78 is 20.6. The number of para-hydroxylation sites is 1. The molecule has 0 amide bonds. The Morgan fingerprint density at radius 1 is 1.44 bits per heavy atom. The van der Waals surface area contributed by atoms with Crippen LogP contribution in [0.1, 0.15) is 5.56 Å². The van der Waals surface area contributed by atoms with E-state index in [4.69, 9.17) is 4.74 Å². The van der Waals surface area contributed by atoms with Crippen LogP contribution in [-0.4, -0.2) is 23.3 Å². The molecule has 0 bridgehead atoms. The first-order valence-corrected chi connectivity index (χ1v) is 5.74. The molecule has 4 nitrogen and oxygen atoms in total. The maximum atomic E-state index is 13.7. The summed E-state index contributed by atoms with van der Waals surface area (Å²) in [6.07, 6.45) is 3.51. The van der Waals surface area contributed by atoms with Crippen LogP contribution in [0.3, 0.4) is 0 Å². The molecule has 96 valence electrons. The standard InChI is InChI=1S/C13H16FN3O/c1-10-4-3-5-11(14)12(10)16-13-15-6-7-17(13)8-9-18-2/h3-7H,8-9H2,1-2H3,(H,15,16). The van der Waals surface area contributed by atoms with Crippen LogP contribution in [-0.2, 0) is 11.3 Å². The van der Waals surface area contributed by atoms with E-state index in [1.807, 2.05) is 23.8 Å². The highest BCUT2D eigenvalue weighted by Crippen LogP contribution is 2.22. The number of hydrogen-bond donors (Lipinski definition) is 1. The van der Waals surface area contributed by atoms with E-state index in [0.717, 1.165) is 5.56 Å². The molecular formula is C13H16FN3O. The molecule has 0 radical (unpaired) electrons. The second-order valence-corrected chi connectivity index (χ2v) is 3.99. The van der Waals surface area contributed by atoms with Crippen LogP contribution in [0, 0.1) is 12.7 Å². The van der Waals surface area contributed by atoms with Crippen molar-refractivity contribution in [2.45, 2.75) is 13.5 Å². The Morgan fingerprint density at radius 3 is 3.00 bits per heavy atom. The zero-order valence-electron chi connectivity index (χ0n) is 10.5. The van der Waals surface area contributed by atoms with Gasteiger partial charge in [0.05, 0.1) is 12.3 Å². The van der Waals surface area contributed by atoms with E-state index in [9.17, 15) is 4.39 Å². The highest BCUT2D eigenvalue weighted by molar-refractivity contribution is 5.59. The predicted molar refractivity (Wildman–Crippen MR) is 68.5 cm³/mol. The largest absolute Gasteiger partial charge is 0.383 e. The van der Waals surface area contributed by atoms with Gasteiger partial charge in [-0.15, -0.1) is 0 Å². The van der Waals surface area contributed by atoms with Crippen molar-refractivity contribution in [1.82, 2.24) is 9.55 Å². The molecule has 0 atom stereocenters. The lowest BCUT2D eigenvalue weighted by Crippen LogP contribution is -2.08. The summed E-state index contributed by atoms with van der Waals surface area (Å²) in [5.74, 6) is 0.330. The quantitative estimate of drug-likeness (QED) is 0.885. The maximum absolute atomic E-state index is 13.7. The summed E-state index contributed by atoms with van der Waals surface area (Å²) >= 11 is 0. The van der Waals surface area contributed by atoms with E-state index in [-0.39, 0.29) is 5.82 Å². The van der Waals surface area contributed by atoms with E-state index in [2.05, 4.69) is 10.3 Å². The second kappa shape index (κ2) is 5.64. The van der Waals surface area contributed by atoms with Gasteiger partial charge in [-0.1, -0.05) is 12.1 Å². The number of aryl methyl sites for hydroxylation is 1. The summed E-state index contributed by atoms with van der Waals surface area (Å²) in [6, 6.07) is 4.97. The minimum atomic E-state index is -0.281. The smallest absolute Gasteiger partial charge is 0.207 e. The van der Waals surface area contributed by atoms with E-state index in [1.54, 1.807) is 19.4 Å². The normalized spacial score (nSPS) is 10.6. The van der Waals surface area contributed by atoms with Gasteiger partial charge >= 0.3 is 0 Å². The summed E-state index contributed by atoms with van der Waals surface area (Å²) in [4.78, 5) is 4.18. The van der Waals surface area contributed by atoms with Gasteiger partial charge in [0.1, 0.15) is 5.82 Å². The van der Waals surface area contributed by atoms with Crippen LogP contribution in [0.15, 0.2) is 30.6 Å². The number of rotatable bonds is 5. The van der Waals surface area contributed by atoms with Crippen molar-refractivity contribution < 1.29 is 9.13 Å². The Labute approximate surface area is 105 Å². The molecule has 0 spiro atoms. The molecule has 0 saturated carbocycles. The molecule has 0 saturated heterocycles. The van der Waals surface area contributed by atoms with Crippen LogP contribution < -0.4 is 5.32 Å². The number of nitrogens with one attached hydrogen (secondary N) is 1. The number of halogens is 1. The van der Waals surface area contributed by atoms with Gasteiger partial charge in [0.25, 0.3) is 0 Å². The van der Waals surface area contributed by atoms with Crippen molar-refractivity contribution in [2.75, 3.05) is 19.0 Å². The van der Waals surface area contributed by atoms with Crippen molar-refractivity contribution in [3.8, 4) is 0 Å². The second-order valence-electron chi connectivity index (χ2n) is 3.99. The highest BCUT2D eigenvalue weighted by atomic mass is 19.1. The lowest BCUT2D eigenvalue weighted by Gasteiger charge is -2.12. The number of methoxy groups -OCH3 is 1. The number of nitrogens with zero attached hydrogens (tertiary/aromatic N) is 2. The molecule has 1 N–H and O–H groups in total. The zero-order chi connectivity index (χ0) is 13.0. The first kappa shape index (κ1) is 12.6. The van der Waals surface area contributed by atoms with Gasteiger partial charge in [-0.25, -0.2) is 9.37 Å². The number of hydrogen-bond acceptors (Lipinski definition) is 3. The first-order valence-electron chi connectivity index (χ1n) is 5.74. The minimum Gasteiger partial charge on any atom is -0.383 e. The third kappa shape index (κ3) is 2.68. The van der Waals surface area contributed by atoms with Crippen LogP contribution in [0.5, 0.6) is 0 Å². The van der Waals surface area contributed by atoms with Crippen molar-refractivity contribution in [2.24, 2.45) is 0 Å². The van der Waals surface area contributed by atoms with Crippen molar-refractivity contribution >= 4 is 11.6 Å². The van der Waals surface area contributed by atoms with Gasteiger partial charge in [0.15, 0.2) is 0 Å². The average molecular weight is 249 g/mol. The van der Waals surface area contributed by atoms with Crippen LogP contribution in [0.25, 0.3) is 0 Å². The minimum absolute atomic E-state index is 0.281. The Kier molecular flexibility index (Phi) is 3.94. The van der Waals surface area contributed by atoms with E-state index in [1.165, 1.54) is 6.07 Å². The van der Waals surface area contributed by atoms with Gasteiger partial charge in [-0.2, -0.15) is 0 Å². The van der Waals surface area contributed by atoms with Crippen molar-refractivity contribution in [3.63, 3.8) is 0 Å². The fraction of sp³-hybridized carbons (Fsp3) is 0.308. The third-order valence-corrected chi connectivity index (χ3v) is 2.71. The number of aromatic nitrogens is 2. The lowest BCUT2D eigenvalue weighted by molar-refractivity contribution is 0.188. The highest BCUT2D eigenvalue weighted by Gasteiger charge is 2.08. The molecule has 5 heteroatoms. The van der Waals surface area contributed by atoms with Crippen LogP contribution in [0.4, 0.5) is 16.0 Å². The molecule has 0 aliphatic heterocycles. The van der Waals surface area contributed by atoms with E-state index in [0.29, 0.717) is 24.8 Å². The Morgan fingerprint density at radius 2 is 2.28 bits per heavy atom. The molecular weight excluding hydrogens is 233 g/mol.